The molecule has 37 heavy (non-hydrogen) atoms. The highest BCUT2D eigenvalue weighted by Gasteiger charge is 2.39. The van der Waals surface area contributed by atoms with Crippen molar-refractivity contribution in [1.82, 2.24) is 15.3 Å². The zero-order chi connectivity index (χ0) is 27.2. The molecule has 3 rings (SSSR count). The number of rotatable bonds is 8. The van der Waals surface area contributed by atoms with Crippen molar-refractivity contribution in [2.45, 2.75) is 84.1 Å². The van der Waals surface area contributed by atoms with Gasteiger partial charge >= 0.3 is 0 Å². The van der Waals surface area contributed by atoms with E-state index >= 15 is 0 Å². The molecule has 4 N–H and O–H groups in total. The van der Waals surface area contributed by atoms with Crippen LogP contribution in [-0.4, -0.2) is 45.4 Å². The Morgan fingerprint density at radius 1 is 1.27 bits per heavy atom. The zero-order valence-electron chi connectivity index (χ0n) is 22.5. The summed E-state index contributed by atoms with van der Waals surface area (Å²) < 4.78 is 6.15. The summed E-state index contributed by atoms with van der Waals surface area (Å²) in [5, 5.41) is 14.9. The number of anilines is 1. The van der Waals surface area contributed by atoms with Crippen molar-refractivity contribution in [2.24, 2.45) is 10.7 Å². The number of aromatic nitrogens is 2. The Balaban J connectivity index is 1.73. The minimum atomic E-state index is -0.511. The molecule has 1 aromatic heterocycles. The first-order valence-corrected chi connectivity index (χ1v) is 12.5. The zero-order valence-corrected chi connectivity index (χ0v) is 22.5. The van der Waals surface area contributed by atoms with Crippen LogP contribution in [0, 0.1) is 18.3 Å². The molecule has 9 heteroatoms. The molecular formula is C28H37N7O2. The smallest absolute Gasteiger partial charge is 0.252 e. The predicted molar refractivity (Wildman–Crippen MR) is 146 cm³/mol. The van der Waals surface area contributed by atoms with Crippen LogP contribution >= 0.6 is 0 Å². The molecule has 1 aromatic carbocycles. The first-order chi connectivity index (χ1) is 17.4. The summed E-state index contributed by atoms with van der Waals surface area (Å²) in [6, 6.07) is 8.78. The van der Waals surface area contributed by atoms with E-state index in [0.29, 0.717) is 23.6 Å². The first-order valence-electron chi connectivity index (χ1n) is 12.5. The van der Waals surface area contributed by atoms with Gasteiger partial charge in [0.05, 0.1) is 34.7 Å². The average Bonchev–Trinajstić information content (AvgIpc) is 2.84. The Bertz CT molecular complexity index is 1190. The average molecular weight is 504 g/mol. The fraction of sp³-hybridized carbons (Fsp3) is 0.464. The number of nitrogens with zero attached hydrogens (tertiary/aromatic N) is 4. The monoisotopic (exact) mass is 503 g/mol. The highest BCUT2D eigenvalue weighted by molar-refractivity contribution is 5.95. The molecule has 0 spiro atoms. The Morgan fingerprint density at radius 3 is 2.49 bits per heavy atom. The number of carbonyl (C=O) groups is 1. The van der Waals surface area contributed by atoms with Crippen molar-refractivity contribution in [2.75, 3.05) is 5.32 Å². The van der Waals surface area contributed by atoms with E-state index in [0.717, 1.165) is 29.7 Å². The number of nitrogens with one attached hydrogen (secondary N) is 2. The van der Waals surface area contributed by atoms with Crippen molar-refractivity contribution < 1.29 is 9.53 Å². The highest BCUT2D eigenvalue weighted by atomic mass is 16.5. The third kappa shape index (κ3) is 7.61. The van der Waals surface area contributed by atoms with Gasteiger partial charge in [0.15, 0.2) is 0 Å². The largest absolute Gasteiger partial charge is 0.403 e. The number of hydrogen-bond donors (Lipinski definition) is 3. The van der Waals surface area contributed by atoms with Gasteiger partial charge in [0.1, 0.15) is 6.04 Å². The molecule has 2 heterocycles. The number of hydrogen-bond acceptors (Lipinski definition) is 8. The second-order valence-corrected chi connectivity index (χ2v) is 10.6. The molecule has 1 amide bonds. The Kier molecular flexibility index (Phi) is 8.66. The van der Waals surface area contributed by atoms with E-state index in [1.165, 1.54) is 6.20 Å². The van der Waals surface area contributed by atoms with Crippen LogP contribution in [0.1, 0.15) is 69.8 Å². The number of carbonyl (C=O) groups excluding carboxylic acids is 1. The number of benzene rings is 1. The molecule has 1 aliphatic rings. The molecule has 0 bridgehead atoms. The quantitative estimate of drug-likeness (QED) is 0.451. The van der Waals surface area contributed by atoms with Crippen molar-refractivity contribution >= 4 is 18.1 Å². The van der Waals surface area contributed by atoms with Gasteiger partial charge in [0.2, 0.25) is 5.95 Å². The topological polar surface area (TPSA) is 138 Å². The number of ether oxygens (including phenoxy) is 1. The summed E-state index contributed by atoms with van der Waals surface area (Å²) in [6.07, 6.45) is 7.09. The summed E-state index contributed by atoms with van der Waals surface area (Å²) in [6.45, 7) is 12.1. The number of nitrogens with two attached hydrogens (primary N) is 1. The molecule has 0 unspecified atom stereocenters. The fourth-order valence-electron chi connectivity index (χ4n) is 4.62. The first kappa shape index (κ1) is 27.8. The Labute approximate surface area is 219 Å². The van der Waals surface area contributed by atoms with Gasteiger partial charge in [0, 0.05) is 29.7 Å². The normalized spacial score (nSPS) is 18.2. The van der Waals surface area contributed by atoms with E-state index < -0.39 is 6.04 Å². The van der Waals surface area contributed by atoms with E-state index in [1.807, 2.05) is 26.0 Å². The van der Waals surface area contributed by atoms with E-state index in [9.17, 15) is 4.79 Å². The molecule has 9 nitrogen and oxygen atoms in total. The molecule has 1 aliphatic heterocycles. The lowest BCUT2D eigenvalue weighted by atomic mass is 9.85. The van der Waals surface area contributed by atoms with Gasteiger partial charge in [-0.3, -0.25) is 9.79 Å². The number of nitriles is 1. The van der Waals surface area contributed by atoms with Gasteiger partial charge < -0.3 is 21.1 Å². The number of amides is 1. The van der Waals surface area contributed by atoms with Gasteiger partial charge in [-0.1, -0.05) is 19.1 Å². The molecule has 1 atom stereocenters. The summed E-state index contributed by atoms with van der Waals surface area (Å²) in [5.41, 5.74) is 8.90. The second-order valence-electron chi connectivity index (χ2n) is 10.6. The second kappa shape index (κ2) is 11.5. The van der Waals surface area contributed by atoms with Crippen LogP contribution in [0.2, 0.25) is 0 Å². The van der Waals surface area contributed by atoms with Crippen molar-refractivity contribution in [3.05, 3.63) is 53.5 Å². The highest BCUT2D eigenvalue weighted by Crippen LogP contribution is 2.36. The summed E-state index contributed by atoms with van der Waals surface area (Å²) >= 11 is 0. The third-order valence-corrected chi connectivity index (χ3v) is 6.13. The van der Waals surface area contributed by atoms with E-state index in [4.69, 9.17) is 20.7 Å². The van der Waals surface area contributed by atoms with Gasteiger partial charge in [-0.05, 0) is 71.6 Å². The van der Waals surface area contributed by atoms with Gasteiger partial charge in [-0.15, -0.1) is 0 Å². The van der Waals surface area contributed by atoms with Gasteiger partial charge in [0.25, 0.3) is 5.91 Å². The summed E-state index contributed by atoms with van der Waals surface area (Å²) in [5.74, 6) is 0.105. The summed E-state index contributed by atoms with van der Waals surface area (Å²) in [7, 11) is 0. The molecule has 196 valence electrons. The lowest BCUT2D eigenvalue weighted by Gasteiger charge is -2.44. The Morgan fingerprint density at radius 2 is 1.92 bits per heavy atom. The number of aliphatic imine (C=N–C) groups is 1. The van der Waals surface area contributed by atoms with Crippen LogP contribution in [0.4, 0.5) is 5.95 Å². The van der Waals surface area contributed by atoms with Crippen molar-refractivity contribution in [3.63, 3.8) is 0 Å². The van der Waals surface area contributed by atoms with Crippen LogP contribution < -0.4 is 16.4 Å². The maximum atomic E-state index is 12.4. The molecule has 0 radical (unpaired) electrons. The van der Waals surface area contributed by atoms with Gasteiger partial charge in [-0.25, -0.2) is 9.97 Å². The standard InChI is InChI=1S/C28H37N7O2/c1-7-21(14-29)33-25(36)20-10-8-19(9-11-20)24-18(2)16-32-26(35-24)34-23(15-30)17-31-22-12-27(3,4)37-28(5,6)13-22/h8-11,15-17,21-22H,7,12-13,30H2,1-6H3,(H,33,36)(H,32,34,35)/b23-15+,31-17?/t21-/m1/s1. The van der Waals surface area contributed by atoms with Crippen LogP contribution in [0.25, 0.3) is 11.3 Å². The van der Waals surface area contributed by atoms with Crippen LogP contribution in [-0.2, 0) is 4.74 Å². The predicted octanol–water partition coefficient (Wildman–Crippen LogP) is 4.50. The molecule has 2 aromatic rings. The van der Waals surface area contributed by atoms with E-state index in [2.05, 4.69) is 54.4 Å². The van der Waals surface area contributed by atoms with Crippen molar-refractivity contribution in [3.8, 4) is 17.3 Å². The molecular weight excluding hydrogens is 466 g/mol. The lowest BCUT2D eigenvalue weighted by molar-refractivity contribution is -0.160. The van der Waals surface area contributed by atoms with E-state index in [1.54, 1.807) is 24.5 Å². The number of aryl methyl sites for hydroxylation is 1. The molecule has 1 fully saturated rings. The van der Waals surface area contributed by atoms with Crippen LogP contribution in [0.15, 0.2) is 47.4 Å². The van der Waals surface area contributed by atoms with Crippen LogP contribution in [0.5, 0.6) is 0 Å². The summed E-state index contributed by atoms with van der Waals surface area (Å²) in [4.78, 5) is 26.2. The lowest BCUT2D eigenvalue weighted by Crippen LogP contribution is -2.46. The minimum Gasteiger partial charge on any atom is -0.403 e. The minimum absolute atomic E-state index is 0.112. The van der Waals surface area contributed by atoms with Gasteiger partial charge in [-0.2, -0.15) is 5.26 Å². The third-order valence-electron chi connectivity index (χ3n) is 6.13. The number of allylic oxidation sites excluding steroid dienone is 1. The molecule has 1 saturated heterocycles. The Hall–Kier alpha value is -3.77. The maximum absolute atomic E-state index is 12.4. The van der Waals surface area contributed by atoms with E-state index in [-0.39, 0.29) is 23.2 Å². The molecule has 0 saturated carbocycles. The SMILES string of the molecule is CC[C@H](C#N)NC(=O)c1ccc(-c2nc(N/C(C=NC3CC(C)(C)OC(C)(C)C3)=C/N)ncc2C)cc1. The van der Waals surface area contributed by atoms with Crippen LogP contribution in [0.3, 0.4) is 0 Å². The molecule has 0 aliphatic carbocycles. The maximum Gasteiger partial charge on any atom is 0.252 e. The fourth-order valence-corrected chi connectivity index (χ4v) is 4.62. The van der Waals surface area contributed by atoms with Crippen molar-refractivity contribution in [1.29, 1.82) is 5.26 Å².